The Labute approximate surface area is 173 Å². The molecule has 0 aliphatic carbocycles. The number of hydrogen-bond acceptors (Lipinski definition) is 1. The van der Waals surface area contributed by atoms with Crippen LogP contribution in [0.25, 0.3) is 33.4 Å². The zero-order valence-electron chi connectivity index (χ0n) is 17.6. The van der Waals surface area contributed by atoms with E-state index in [9.17, 15) is 0 Å². The van der Waals surface area contributed by atoms with Gasteiger partial charge in [-0.25, -0.2) is 0 Å². The van der Waals surface area contributed by atoms with Crippen LogP contribution in [0.1, 0.15) is 22.3 Å². The summed E-state index contributed by atoms with van der Waals surface area (Å²) >= 11 is 0. The first-order valence-corrected chi connectivity index (χ1v) is 10.1. The van der Waals surface area contributed by atoms with Crippen molar-refractivity contribution in [2.45, 2.75) is 27.7 Å². The van der Waals surface area contributed by atoms with Crippen molar-refractivity contribution in [1.82, 2.24) is 0 Å². The van der Waals surface area contributed by atoms with Crippen LogP contribution in [0, 0.1) is 27.7 Å². The predicted molar refractivity (Wildman–Crippen MR) is 126 cm³/mol. The fourth-order valence-electron chi connectivity index (χ4n) is 3.88. The second-order valence-corrected chi connectivity index (χ2v) is 7.92. The molecule has 0 heterocycles. The van der Waals surface area contributed by atoms with Gasteiger partial charge in [0.05, 0.1) is 0 Å². The molecule has 144 valence electrons. The maximum Gasteiger partial charge on any atom is 0.0400 e. The van der Waals surface area contributed by atoms with E-state index in [1.807, 2.05) is 6.07 Å². The number of rotatable bonds is 3. The summed E-state index contributed by atoms with van der Waals surface area (Å²) < 4.78 is 0. The van der Waals surface area contributed by atoms with Gasteiger partial charge >= 0.3 is 0 Å². The average Bonchev–Trinajstić information content (AvgIpc) is 2.72. The van der Waals surface area contributed by atoms with Gasteiger partial charge in [-0.2, -0.15) is 0 Å². The lowest BCUT2D eigenvalue weighted by atomic mass is 9.85. The van der Waals surface area contributed by atoms with Crippen molar-refractivity contribution >= 4 is 5.69 Å². The lowest BCUT2D eigenvalue weighted by Gasteiger charge is -2.20. The second kappa shape index (κ2) is 7.60. The fraction of sp³-hybridized carbons (Fsp3) is 0.143. The van der Waals surface area contributed by atoms with Crippen molar-refractivity contribution in [3.8, 4) is 33.4 Å². The van der Waals surface area contributed by atoms with Crippen LogP contribution in [-0.2, 0) is 0 Å². The number of anilines is 1. The van der Waals surface area contributed by atoms with Crippen LogP contribution in [0.2, 0.25) is 0 Å². The summed E-state index contributed by atoms with van der Waals surface area (Å²) in [6.45, 7) is 8.63. The molecule has 0 aromatic heterocycles. The van der Waals surface area contributed by atoms with E-state index in [0.717, 1.165) is 16.8 Å². The Morgan fingerprint density at radius 3 is 1.59 bits per heavy atom. The number of nitrogens with two attached hydrogens (primary N) is 1. The van der Waals surface area contributed by atoms with E-state index in [2.05, 4.69) is 100 Å². The van der Waals surface area contributed by atoms with Gasteiger partial charge in [0.25, 0.3) is 0 Å². The van der Waals surface area contributed by atoms with E-state index >= 15 is 0 Å². The van der Waals surface area contributed by atoms with E-state index in [1.165, 1.54) is 44.5 Å². The maximum atomic E-state index is 6.59. The molecule has 1 heteroatoms. The summed E-state index contributed by atoms with van der Waals surface area (Å²) in [6.07, 6.45) is 0. The highest BCUT2D eigenvalue weighted by molar-refractivity contribution is 5.99. The molecule has 4 aromatic carbocycles. The molecule has 4 aromatic rings. The van der Waals surface area contributed by atoms with Gasteiger partial charge in [0.1, 0.15) is 0 Å². The summed E-state index contributed by atoms with van der Waals surface area (Å²) in [5.74, 6) is 0. The molecular formula is C28H27N. The summed E-state index contributed by atoms with van der Waals surface area (Å²) in [7, 11) is 0. The molecule has 0 radical (unpaired) electrons. The summed E-state index contributed by atoms with van der Waals surface area (Å²) in [5, 5.41) is 0. The Morgan fingerprint density at radius 2 is 1.03 bits per heavy atom. The van der Waals surface area contributed by atoms with Crippen molar-refractivity contribution in [2.75, 3.05) is 5.73 Å². The van der Waals surface area contributed by atoms with E-state index in [4.69, 9.17) is 5.73 Å². The molecule has 0 aliphatic heterocycles. The quantitative estimate of drug-likeness (QED) is 0.367. The van der Waals surface area contributed by atoms with Crippen LogP contribution < -0.4 is 5.73 Å². The van der Waals surface area contributed by atoms with E-state index < -0.39 is 0 Å². The number of nitrogen functional groups attached to an aromatic ring is 1. The molecule has 0 saturated carbocycles. The third-order valence-corrected chi connectivity index (χ3v) is 5.91. The molecule has 1 nitrogen and oxygen atoms in total. The normalized spacial score (nSPS) is 10.9. The molecule has 0 aliphatic rings. The average molecular weight is 378 g/mol. The second-order valence-electron chi connectivity index (χ2n) is 7.92. The van der Waals surface area contributed by atoms with Crippen LogP contribution in [-0.4, -0.2) is 0 Å². The highest BCUT2D eigenvalue weighted by atomic mass is 14.6. The zero-order valence-corrected chi connectivity index (χ0v) is 17.6. The van der Waals surface area contributed by atoms with Crippen molar-refractivity contribution in [3.05, 3.63) is 101 Å². The molecule has 0 bridgehead atoms. The third kappa shape index (κ3) is 3.56. The minimum atomic E-state index is 0.807. The van der Waals surface area contributed by atoms with E-state index in [0.29, 0.717) is 0 Å². The molecule has 0 spiro atoms. The summed E-state index contributed by atoms with van der Waals surface area (Å²) in [6, 6.07) is 28.1. The largest absolute Gasteiger partial charge is 0.398 e. The van der Waals surface area contributed by atoms with Crippen molar-refractivity contribution in [1.29, 1.82) is 0 Å². The smallest absolute Gasteiger partial charge is 0.0400 e. The minimum absolute atomic E-state index is 0.807. The third-order valence-electron chi connectivity index (χ3n) is 5.91. The lowest BCUT2D eigenvalue weighted by Crippen LogP contribution is -1.98. The number of aryl methyl sites for hydroxylation is 4. The van der Waals surface area contributed by atoms with Crippen LogP contribution >= 0.6 is 0 Å². The summed E-state index contributed by atoms with van der Waals surface area (Å²) in [4.78, 5) is 0. The highest BCUT2D eigenvalue weighted by Crippen LogP contribution is 2.44. The first-order valence-electron chi connectivity index (χ1n) is 10.1. The zero-order chi connectivity index (χ0) is 20.5. The Morgan fingerprint density at radius 1 is 0.483 bits per heavy atom. The first kappa shape index (κ1) is 19.0. The molecular weight excluding hydrogens is 350 g/mol. The van der Waals surface area contributed by atoms with Gasteiger partial charge in [0.2, 0.25) is 0 Å². The fourth-order valence-corrected chi connectivity index (χ4v) is 3.88. The molecule has 29 heavy (non-hydrogen) atoms. The number of benzene rings is 4. The van der Waals surface area contributed by atoms with Crippen LogP contribution in [0.3, 0.4) is 0 Å². The SMILES string of the molecule is Cc1ccc(-c2c(N)ccc(-c3ccccc3)c2-c2ccc(C)c(C)c2)cc1C. The molecule has 0 amide bonds. The standard InChI is InChI=1S/C28H27N/c1-18-10-12-23(16-20(18)3)27-25(22-8-6-5-7-9-22)14-15-26(29)28(27)24-13-11-19(2)21(4)17-24/h5-17H,29H2,1-4H3. The molecule has 2 N–H and O–H groups in total. The molecule has 0 atom stereocenters. The molecule has 4 rings (SSSR count). The van der Waals surface area contributed by atoms with Crippen LogP contribution in [0.5, 0.6) is 0 Å². The highest BCUT2D eigenvalue weighted by Gasteiger charge is 2.17. The monoisotopic (exact) mass is 377 g/mol. The Balaban J connectivity index is 2.09. The van der Waals surface area contributed by atoms with Crippen molar-refractivity contribution in [3.63, 3.8) is 0 Å². The molecule has 0 fully saturated rings. The number of hydrogen-bond donors (Lipinski definition) is 1. The van der Waals surface area contributed by atoms with Crippen molar-refractivity contribution < 1.29 is 0 Å². The van der Waals surface area contributed by atoms with Gasteiger partial charge in [0.15, 0.2) is 0 Å². The van der Waals surface area contributed by atoms with Gasteiger partial charge in [-0.3, -0.25) is 0 Å². The Kier molecular flexibility index (Phi) is 4.98. The molecule has 0 saturated heterocycles. The van der Waals surface area contributed by atoms with Gasteiger partial charge < -0.3 is 5.73 Å². The summed E-state index contributed by atoms with van der Waals surface area (Å²) in [5.41, 5.74) is 19.6. The van der Waals surface area contributed by atoms with Gasteiger partial charge in [0, 0.05) is 11.3 Å². The van der Waals surface area contributed by atoms with Gasteiger partial charge in [-0.05, 0) is 83.8 Å². The van der Waals surface area contributed by atoms with Crippen LogP contribution in [0.15, 0.2) is 78.9 Å². The lowest BCUT2D eigenvalue weighted by molar-refractivity contribution is 1.33. The van der Waals surface area contributed by atoms with Gasteiger partial charge in [-0.1, -0.05) is 72.8 Å². The topological polar surface area (TPSA) is 26.0 Å². The minimum Gasteiger partial charge on any atom is -0.398 e. The first-order chi connectivity index (χ1) is 14.0. The van der Waals surface area contributed by atoms with Gasteiger partial charge in [-0.15, -0.1) is 0 Å². The Bertz CT molecular complexity index is 1190. The van der Waals surface area contributed by atoms with E-state index in [-0.39, 0.29) is 0 Å². The maximum absolute atomic E-state index is 6.59. The molecule has 0 unspecified atom stereocenters. The van der Waals surface area contributed by atoms with E-state index in [1.54, 1.807) is 0 Å². The van der Waals surface area contributed by atoms with Crippen LogP contribution in [0.4, 0.5) is 5.69 Å². The van der Waals surface area contributed by atoms with Crippen molar-refractivity contribution in [2.24, 2.45) is 0 Å². The predicted octanol–water partition coefficient (Wildman–Crippen LogP) is 7.50. The Hall–Kier alpha value is -3.32.